The fourth-order valence-electron chi connectivity index (χ4n) is 4.45. The van der Waals surface area contributed by atoms with Gasteiger partial charge < -0.3 is 10.5 Å². The minimum absolute atomic E-state index is 0.275. The first-order chi connectivity index (χ1) is 17.3. The molecule has 0 saturated heterocycles. The van der Waals surface area contributed by atoms with Crippen molar-refractivity contribution >= 4 is 51.5 Å². The number of allylic oxidation sites excluding steroid dienone is 1. The molecular weight excluding hydrogens is 480 g/mol. The lowest BCUT2D eigenvalue weighted by Crippen LogP contribution is -2.42. The number of benzene rings is 1. The number of rotatable bonds is 5. The average molecular weight is 503 g/mol. The first kappa shape index (κ1) is 23.4. The second-order valence-electron chi connectivity index (χ2n) is 8.48. The molecule has 182 valence electrons. The highest BCUT2D eigenvalue weighted by molar-refractivity contribution is 7.10. The highest BCUT2D eigenvalue weighted by atomic mass is 32.1. The molecule has 0 aliphatic heterocycles. The van der Waals surface area contributed by atoms with E-state index in [0.717, 1.165) is 37.3 Å². The van der Waals surface area contributed by atoms with Crippen LogP contribution in [0.15, 0.2) is 51.4 Å². The highest BCUT2D eigenvalue weighted by Crippen LogP contribution is 2.38. The number of carbonyl (C=O) groups is 2. The minimum atomic E-state index is -0.838. The van der Waals surface area contributed by atoms with Crippen LogP contribution in [0.25, 0.3) is 22.6 Å². The number of fused-ring (bicyclic) bond motifs is 2. The summed E-state index contributed by atoms with van der Waals surface area (Å²) in [6.07, 6.45) is 3.41. The predicted octanol–water partition coefficient (Wildman–Crippen LogP) is 2.80. The number of hydrogen-bond donors (Lipinski definition) is 1. The number of para-hydroxylation sites is 1. The van der Waals surface area contributed by atoms with Crippen molar-refractivity contribution in [1.29, 1.82) is 0 Å². The lowest BCUT2D eigenvalue weighted by Gasteiger charge is -2.13. The van der Waals surface area contributed by atoms with Gasteiger partial charge in [0.2, 0.25) is 5.78 Å². The molecule has 0 unspecified atom stereocenters. The molecule has 3 heterocycles. The van der Waals surface area contributed by atoms with E-state index in [4.69, 9.17) is 15.5 Å². The largest absolute Gasteiger partial charge is 0.454 e. The van der Waals surface area contributed by atoms with Crippen molar-refractivity contribution in [3.8, 4) is 0 Å². The van der Waals surface area contributed by atoms with Crippen LogP contribution >= 0.6 is 11.3 Å². The molecule has 0 bridgehead atoms. The van der Waals surface area contributed by atoms with Crippen molar-refractivity contribution in [1.82, 2.24) is 14.1 Å². The van der Waals surface area contributed by atoms with Crippen LogP contribution in [0.1, 0.15) is 43.3 Å². The van der Waals surface area contributed by atoms with Crippen LogP contribution in [-0.2, 0) is 25.3 Å². The summed E-state index contributed by atoms with van der Waals surface area (Å²) in [6.45, 7) is -0.695. The third-order valence-corrected chi connectivity index (χ3v) is 7.15. The Labute approximate surface area is 209 Å². The van der Waals surface area contributed by atoms with E-state index in [2.05, 4.69) is 6.08 Å². The Morgan fingerprint density at radius 1 is 1.08 bits per heavy atom. The number of ketones is 1. The number of nitrogens with two attached hydrogens (primary N) is 1. The Bertz CT molecular complexity index is 1700. The Balaban J connectivity index is 1.51. The van der Waals surface area contributed by atoms with Crippen molar-refractivity contribution in [2.45, 2.75) is 12.8 Å². The van der Waals surface area contributed by atoms with Gasteiger partial charge in [-0.3, -0.25) is 18.7 Å². The fraction of sp³-hybridized carbons (Fsp3) is 0.192. The zero-order valence-electron chi connectivity index (χ0n) is 19.6. The quantitative estimate of drug-likeness (QED) is 0.328. The summed E-state index contributed by atoms with van der Waals surface area (Å²) in [6, 6.07) is 11.3. The molecule has 0 atom stereocenters. The molecule has 1 aliphatic carbocycles. The molecule has 3 aromatic heterocycles. The summed E-state index contributed by atoms with van der Waals surface area (Å²) < 4.78 is 7.20. The van der Waals surface area contributed by atoms with E-state index < -0.39 is 35.2 Å². The number of pyridine rings is 1. The zero-order chi connectivity index (χ0) is 25.6. The number of anilines is 1. The molecule has 1 aliphatic rings. The van der Waals surface area contributed by atoms with Gasteiger partial charge in [0, 0.05) is 24.4 Å². The van der Waals surface area contributed by atoms with Gasteiger partial charge in [0.1, 0.15) is 11.4 Å². The number of carbonyl (C=O) groups excluding carboxylic acids is 2. The summed E-state index contributed by atoms with van der Waals surface area (Å²) in [5.41, 5.74) is 7.53. The highest BCUT2D eigenvalue weighted by Gasteiger charge is 2.29. The summed E-state index contributed by atoms with van der Waals surface area (Å²) in [4.78, 5) is 56.7. The topological polar surface area (TPSA) is 126 Å². The van der Waals surface area contributed by atoms with Gasteiger partial charge in [-0.15, -0.1) is 11.3 Å². The molecule has 36 heavy (non-hydrogen) atoms. The van der Waals surface area contributed by atoms with Crippen molar-refractivity contribution in [2.75, 3.05) is 12.3 Å². The second-order valence-corrected chi connectivity index (χ2v) is 9.46. The molecule has 0 radical (unpaired) electrons. The zero-order valence-corrected chi connectivity index (χ0v) is 20.4. The summed E-state index contributed by atoms with van der Waals surface area (Å²) >= 11 is 1.62. The van der Waals surface area contributed by atoms with Gasteiger partial charge >= 0.3 is 11.7 Å². The Morgan fingerprint density at radius 3 is 2.61 bits per heavy atom. The van der Waals surface area contributed by atoms with Crippen molar-refractivity contribution < 1.29 is 14.3 Å². The first-order valence-electron chi connectivity index (χ1n) is 11.2. The number of thiophene rings is 1. The van der Waals surface area contributed by atoms with E-state index in [9.17, 15) is 19.2 Å². The van der Waals surface area contributed by atoms with E-state index in [1.54, 1.807) is 17.4 Å². The summed E-state index contributed by atoms with van der Waals surface area (Å²) in [5.74, 6) is -1.75. The van der Waals surface area contributed by atoms with E-state index in [1.807, 2.05) is 35.7 Å². The number of esters is 1. The molecule has 5 rings (SSSR count). The third-order valence-electron chi connectivity index (χ3n) is 6.33. The van der Waals surface area contributed by atoms with Gasteiger partial charge in [0.15, 0.2) is 6.61 Å². The molecule has 0 amide bonds. The number of aromatic nitrogens is 3. The smallest absolute Gasteiger partial charge is 0.339 e. The SMILES string of the molecule is Cn1c(N)c(C(=O)COC(=O)c2c3c(nc4ccccc24)/C(=C/c2cccs2)CC3)c(=O)n(C)c1=O. The van der Waals surface area contributed by atoms with Gasteiger partial charge in [-0.25, -0.2) is 14.6 Å². The Kier molecular flexibility index (Phi) is 5.89. The lowest BCUT2D eigenvalue weighted by molar-refractivity contribution is 0.0475. The maximum absolute atomic E-state index is 13.3. The molecule has 0 spiro atoms. The number of Topliss-reactive ketones (excluding diaryl/α,β-unsaturated/α-hetero) is 1. The fourth-order valence-corrected chi connectivity index (χ4v) is 5.14. The minimum Gasteiger partial charge on any atom is -0.454 e. The first-order valence-corrected chi connectivity index (χ1v) is 12.1. The molecule has 9 nitrogen and oxygen atoms in total. The monoisotopic (exact) mass is 502 g/mol. The van der Waals surface area contributed by atoms with Crippen molar-refractivity contribution in [3.05, 3.63) is 89.9 Å². The molecule has 0 saturated carbocycles. The van der Waals surface area contributed by atoms with Gasteiger partial charge in [-0.2, -0.15) is 0 Å². The van der Waals surface area contributed by atoms with Crippen LogP contribution < -0.4 is 17.0 Å². The van der Waals surface area contributed by atoms with E-state index in [1.165, 1.54) is 14.1 Å². The van der Waals surface area contributed by atoms with Gasteiger partial charge in [0.05, 0.1) is 16.8 Å². The van der Waals surface area contributed by atoms with Crippen LogP contribution in [-0.4, -0.2) is 32.5 Å². The van der Waals surface area contributed by atoms with Gasteiger partial charge in [0.25, 0.3) is 5.56 Å². The van der Waals surface area contributed by atoms with Crippen LogP contribution in [0, 0.1) is 0 Å². The van der Waals surface area contributed by atoms with Crippen LogP contribution in [0.3, 0.4) is 0 Å². The lowest BCUT2D eigenvalue weighted by atomic mass is 10.0. The maximum Gasteiger partial charge on any atom is 0.339 e. The van der Waals surface area contributed by atoms with E-state index in [-0.39, 0.29) is 5.82 Å². The molecule has 2 N–H and O–H groups in total. The third kappa shape index (κ3) is 3.85. The Morgan fingerprint density at radius 2 is 1.86 bits per heavy atom. The van der Waals surface area contributed by atoms with Gasteiger partial charge in [-0.1, -0.05) is 24.3 Å². The van der Waals surface area contributed by atoms with Crippen LogP contribution in [0.5, 0.6) is 0 Å². The van der Waals surface area contributed by atoms with E-state index >= 15 is 0 Å². The van der Waals surface area contributed by atoms with Crippen molar-refractivity contribution in [3.63, 3.8) is 0 Å². The summed E-state index contributed by atoms with van der Waals surface area (Å²) in [7, 11) is 2.61. The molecular formula is C26H22N4O5S. The molecule has 0 fully saturated rings. The molecule has 4 aromatic rings. The number of nitrogens with zero attached hydrogens (tertiary/aromatic N) is 3. The van der Waals surface area contributed by atoms with Gasteiger partial charge in [-0.05, 0) is 47.6 Å². The number of nitrogen functional groups attached to an aromatic ring is 1. The number of ether oxygens (including phenoxy) is 1. The average Bonchev–Trinajstić information content (AvgIpc) is 3.54. The Hall–Kier alpha value is -4.31. The summed E-state index contributed by atoms with van der Waals surface area (Å²) in [5, 5.41) is 2.63. The van der Waals surface area contributed by atoms with Crippen molar-refractivity contribution in [2.24, 2.45) is 14.1 Å². The number of hydrogen-bond acceptors (Lipinski definition) is 8. The van der Waals surface area contributed by atoms with Crippen LogP contribution in [0.4, 0.5) is 5.82 Å². The van der Waals surface area contributed by atoms with Crippen LogP contribution in [0.2, 0.25) is 0 Å². The predicted molar refractivity (Wildman–Crippen MR) is 138 cm³/mol. The standard InChI is InChI=1S/C26H22N4O5S/c1-29-23(27)21(24(32)30(2)26(29)34)19(31)13-35-25(33)20-16-7-3-4-8-18(16)28-22-14(9-10-17(20)22)12-15-6-5-11-36-15/h3-8,11-12H,9-10,13,27H2,1-2H3/b14-12+. The second kappa shape index (κ2) is 9.04. The molecule has 1 aromatic carbocycles. The maximum atomic E-state index is 13.3. The normalized spacial score (nSPS) is 13.8. The van der Waals surface area contributed by atoms with E-state index in [0.29, 0.717) is 22.9 Å². The molecule has 10 heteroatoms.